The molecule has 6 nitrogen and oxygen atoms in total. The van der Waals surface area contributed by atoms with Crippen LogP contribution in [-0.2, 0) is 4.74 Å². The average molecular weight is 334 g/mol. The first kappa shape index (κ1) is 17.1. The van der Waals surface area contributed by atoms with Gasteiger partial charge >= 0.3 is 6.09 Å². The first-order valence-electron chi connectivity index (χ1n) is 9.02. The molecule has 3 heterocycles. The summed E-state index contributed by atoms with van der Waals surface area (Å²) in [7, 11) is 0. The van der Waals surface area contributed by atoms with E-state index in [2.05, 4.69) is 38.7 Å². The van der Waals surface area contributed by atoms with Gasteiger partial charge in [0.25, 0.3) is 0 Å². The van der Waals surface area contributed by atoms with E-state index in [1.807, 2.05) is 20.8 Å². The van der Waals surface area contributed by atoms with Crippen LogP contribution in [0.3, 0.4) is 0 Å². The molecule has 2 unspecified atom stereocenters. The number of piperazine rings is 1. The summed E-state index contributed by atoms with van der Waals surface area (Å²) in [4.78, 5) is 16.7. The maximum absolute atomic E-state index is 11.6. The molecule has 3 aliphatic heterocycles. The second-order valence-electron chi connectivity index (χ2n) is 7.84. The molecule has 1 amide bonds. The first-order valence-corrected chi connectivity index (χ1v) is 9.02. The van der Waals surface area contributed by atoms with E-state index >= 15 is 0 Å². The highest BCUT2D eigenvalue weighted by atomic mass is 16.6. The molecule has 0 bridgehead atoms. The number of nitrogens with zero attached hydrogens (tertiary/aromatic N) is 2. The number of ether oxygens (including phenoxy) is 1. The number of carbonyl (C=O) groups excluding carboxylic acids is 1. The van der Waals surface area contributed by atoms with Crippen molar-refractivity contribution < 1.29 is 9.53 Å². The topological polar surface area (TPSA) is 56.8 Å². The van der Waals surface area contributed by atoms with Crippen LogP contribution in [0.15, 0.2) is 24.0 Å². The SMILES string of the molecule is CC(C)(C)OC(=O)NCCCCN1CC2C=CC=C3NCC(C1)N32. The Morgan fingerprint density at radius 1 is 1.38 bits per heavy atom. The summed E-state index contributed by atoms with van der Waals surface area (Å²) in [5, 5.41) is 6.34. The second-order valence-corrected chi connectivity index (χ2v) is 7.84. The third-order valence-electron chi connectivity index (χ3n) is 4.62. The van der Waals surface area contributed by atoms with Crippen molar-refractivity contribution in [1.82, 2.24) is 20.4 Å². The zero-order chi connectivity index (χ0) is 17.2. The van der Waals surface area contributed by atoms with Gasteiger partial charge in [-0.25, -0.2) is 4.79 Å². The number of alkyl carbamates (subject to hydrolysis) is 1. The molecule has 3 rings (SSSR count). The van der Waals surface area contributed by atoms with Gasteiger partial charge in [-0.05, 0) is 46.2 Å². The molecule has 2 fully saturated rings. The molecule has 0 spiro atoms. The molecule has 2 atom stereocenters. The molecule has 0 saturated carbocycles. The lowest BCUT2D eigenvalue weighted by atomic mass is 10.0. The van der Waals surface area contributed by atoms with E-state index in [1.165, 1.54) is 5.82 Å². The number of hydrogen-bond acceptors (Lipinski definition) is 5. The van der Waals surface area contributed by atoms with E-state index < -0.39 is 5.60 Å². The highest BCUT2D eigenvalue weighted by molar-refractivity contribution is 5.67. The number of rotatable bonds is 5. The minimum absolute atomic E-state index is 0.320. The zero-order valence-corrected chi connectivity index (χ0v) is 15.0. The van der Waals surface area contributed by atoms with Crippen LogP contribution in [0.5, 0.6) is 0 Å². The van der Waals surface area contributed by atoms with E-state index in [0.29, 0.717) is 18.6 Å². The lowest BCUT2D eigenvalue weighted by Gasteiger charge is -2.44. The van der Waals surface area contributed by atoms with Crippen molar-refractivity contribution in [3.8, 4) is 0 Å². The van der Waals surface area contributed by atoms with Gasteiger partial charge in [0.05, 0.1) is 12.1 Å². The number of unbranched alkanes of at least 4 members (excludes halogenated alkanes) is 1. The highest BCUT2D eigenvalue weighted by Crippen LogP contribution is 2.27. The summed E-state index contributed by atoms with van der Waals surface area (Å²) >= 11 is 0. The number of amides is 1. The Bertz CT molecular complexity index is 524. The number of nitrogens with one attached hydrogen (secondary N) is 2. The molecule has 6 heteroatoms. The van der Waals surface area contributed by atoms with Crippen LogP contribution in [0.2, 0.25) is 0 Å². The van der Waals surface area contributed by atoms with E-state index in [1.54, 1.807) is 0 Å². The van der Waals surface area contributed by atoms with Crippen LogP contribution >= 0.6 is 0 Å². The Labute approximate surface area is 144 Å². The van der Waals surface area contributed by atoms with Crippen molar-refractivity contribution in [3.63, 3.8) is 0 Å². The fourth-order valence-electron chi connectivity index (χ4n) is 3.66. The van der Waals surface area contributed by atoms with Crippen molar-refractivity contribution in [1.29, 1.82) is 0 Å². The molecule has 0 aromatic rings. The predicted molar refractivity (Wildman–Crippen MR) is 94.6 cm³/mol. The lowest BCUT2D eigenvalue weighted by molar-refractivity contribution is 0.0525. The Kier molecular flexibility index (Phi) is 5.04. The number of hydrogen-bond donors (Lipinski definition) is 2. The molecule has 0 aromatic heterocycles. The molecule has 0 aliphatic carbocycles. The fourth-order valence-corrected chi connectivity index (χ4v) is 3.66. The maximum atomic E-state index is 11.6. The summed E-state index contributed by atoms with van der Waals surface area (Å²) in [6, 6.07) is 1.08. The minimum atomic E-state index is -0.431. The largest absolute Gasteiger partial charge is 0.444 e. The molecular formula is C18H30N4O2. The van der Waals surface area contributed by atoms with Crippen molar-refractivity contribution in [2.45, 2.75) is 51.3 Å². The summed E-state index contributed by atoms with van der Waals surface area (Å²) in [6.07, 6.45) is 8.40. The summed E-state index contributed by atoms with van der Waals surface area (Å²) < 4.78 is 5.24. The monoisotopic (exact) mass is 334 g/mol. The van der Waals surface area contributed by atoms with Gasteiger partial charge in [0.2, 0.25) is 0 Å². The van der Waals surface area contributed by atoms with Gasteiger partial charge in [0, 0.05) is 26.2 Å². The Morgan fingerprint density at radius 2 is 2.21 bits per heavy atom. The Hall–Kier alpha value is -1.69. The normalized spacial score (nSPS) is 25.8. The minimum Gasteiger partial charge on any atom is -0.444 e. The Morgan fingerprint density at radius 3 is 3.00 bits per heavy atom. The van der Waals surface area contributed by atoms with Gasteiger partial charge < -0.3 is 20.3 Å². The van der Waals surface area contributed by atoms with Crippen LogP contribution < -0.4 is 10.6 Å². The standard InChI is InChI=1S/C18H30N4O2/c1-18(2,3)24-17(23)19-9-4-5-10-21-12-14-7-6-8-16-20-11-15(13-21)22(14)16/h6-8,14-15,20H,4-5,9-13H2,1-3H3,(H,19,23). The van der Waals surface area contributed by atoms with Crippen LogP contribution in [0, 0.1) is 0 Å². The summed E-state index contributed by atoms with van der Waals surface area (Å²) in [5.41, 5.74) is -0.431. The van der Waals surface area contributed by atoms with E-state index in [9.17, 15) is 4.79 Å². The van der Waals surface area contributed by atoms with Gasteiger partial charge in [0.1, 0.15) is 11.4 Å². The van der Waals surface area contributed by atoms with Crippen LogP contribution in [-0.4, -0.2) is 66.3 Å². The van der Waals surface area contributed by atoms with E-state index in [-0.39, 0.29) is 6.09 Å². The zero-order valence-electron chi connectivity index (χ0n) is 15.0. The number of allylic oxidation sites excluding steroid dienone is 2. The lowest BCUT2D eigenvalue weighted by Crippen LogP contribution is -2.56. The molecule has 2 saturated heterocycles. The van der Waals surface area contributed by atoms with Crippen molar-refractivity contribution in [2.75, 3.05) is 32.7 Å². The summed E-state index contributed by atoms with van der Waals surface area (Å²) in [6.45, 7) is 10.7. The summed E-state index contributed by atoms with van der Waals surface area (Å²) in [5.74, 6) is 1.29. The number of carbonyl (C=O) groups is 1. The molecule has 134 valence electrons. The average Bonchev–Trinajstić information content (AvgIpc) is 2.90. The van der Waals surface area contributed by atoms with Gasteiger partial charge in [0.15, 0.2) is 0 Å². The van der Waals surface area contributed by atoms with Gasteiger partial charge in [-0.1, -0.05) is 12.2 Å². The second kappa shape index (κ2) is 7.05. The van der Waals surface area contributed by atoms with Crippen LogP contribution in [0.4, 0.5) is 4.79 Å². The Balaban J connectivity index is 1.34. The molecule has 0 radical (unpaired) electrons. The fraction of sp³-hybridized carbons (Fsp3) is 0.722. The molecule has 0 aromatic carbocycles. The molecule has 2 N–H and O–H groups in total. The van der Waals surface area contributed by atoms with Crippen molar-refractivity contribution in [2.24, 2.45) is 0 Å². The van der Waals surface area contributed by atoms with Crippen LogP contribution in [0.25, 0.3) is 0 Å². The first-order chi connectivity index (χ1) is 11.4. The molecule has 3 aliphatic rings. The molecular weight excluding hydrogens is 304 g/mol. The third kappa shape index (κ3) is 4.23. The van der Waals surface area contributed by atoms with Crippen molar-refractivity contribution >= 4 is 6.09 Å². The quantitative estimate of drug-likeness (QED) is 0.749. The van der Waals surface area contributed by atoms with Gasteiger partial charge in [-0.2, -0.15) is 0 Å². The smallest absolute Gasteiger partial charge is 0.407 e. The third-order valence-corrected chi connectivity index (χ3v) is 4.62. The maximum Gasteiger partial charge on any atom is 0.407 e. The highest BCUT2D eigenvalue weighted by Gasteiger charge is 2.38. The van der Waals surface area contributed by atoms with E-state index in [4.69, 9.17) is 4.74 Å². The van der Waals surface area contributed by atoms with Crippen LogP contribution in [0.1, 0.15) is 33.6 Å². The van der Waals surface area contributed by atoms with E-state index in [0.717, 1.165) is 39.0 Å². The van der Waals surface area contributed by atoms with Gasteiger partial charge in [-0.15, -0.1) is 0 Å². The van der Waals surface area contributed by atoms with Gasteiger partial charge in [-0.3, -0.25) is 4.90 Å². The molecule has 24 heavy (non-hydrogen) atoms. The predicted octanol–water partition coefficient (Wildman–Crippen LogP) is 1.66. The van der Waals surface area contributed by atoms with Crippen molar-refractivity contribution in [3.05, 3.63) is 24.0 Å².